The summed E-state index contributed by atoms with van der Waals surface area (Å²) in [6, 6.07) is 1.36. The number of hydrogen-bond donors (Lipinski definition) is 1. The van der Waals surface area contributed by atoms with Gasteiger partial charge in [0.15, 0.2) is 0 Å². The summed E-state index contributed by atoms with van der Waals surface area (Å²) in [6.07, 6.45) is 0.673. The molecule has 120 valence electrons. The lowest BCUT2D eigenvalue weighted by atomic mass is 10.4. The fourth-order valence-electron chi connectivity index (χ4n) is 1.39. The number of methoxy groups -OCH3 is 1. The zero-order chi connectivity index (χ0) is 16.0. The first-order chi connectivity index (χ1) is 9.78. The van der Waals surface area contributed by atoms with Crippen LogP contribution in [0.5, 0.6) is 0 Å². The van der Waals surface area contributed by atoms with E-state index in [9.17, 15) is 13.2 Å². The maximum Gasteiger partial charge on any atom is 0.252 e. The number of rotatable bonds is 8. The number of sulfonamides is 1. The third-order valence-electron chi connectivity index (χ3n) is 2.50. The SMILES string of the molecule is COCCCNC(=O)CN(C)S(=O)(=O)c1cc(Cl)c(Br)s1. The van der Waals surface area contributed by atoms with Gasteiger partial charge in [-0.25, -0.2) is 8.42 Å². The van der Waals surface area contributed by atoms with Crippen molar-refractivity contribution in [2.24, 2.45) is 0 Å². The highest BCUT2D eigenvalue weighted by atomic mass is 79.9. The van der Waals surface area contributed by atoms with E-state index in [1.807, 2.05) is 0 Å². The fourth-order valence-corrected chi connectivity index (χ4v) is 5.13. The number of hydrogen-bond acceptors (Lipinski definition) is 5. The maximum atomic E-state index is 12.3. The highest BCUT2D eigenvalue weighted by molar-refractivity contribution is 9.11. The van der Waals surface area contributed by atoms with Gasteiger partial charge in [0.2, 0.25) is 5.91 Å². The average molecular weight is 420 g/mol. The van der Waals surface area contributed by atoms with E-state index >= 15 is 0 Å². The van der Waals surface area contributed by atoms with E-state index in [-0.39, 0.29) is 16.7 Å². The molecule has 1 heterocycles. The summed E-state index contributed by atoms with van der Waals surface area (Å²) >= 11 is 10.0. The van der Waals surface area contributed by atoms with Gasteiger partial charge < -0.3 is 10.1 Å². The molecule has 0 aliphatic rings. The molecule has 10 heteroatoms. The number of nitrogens with zero attached hydrogens (tertiary/aromatic N) is 1. The quantitative estimate of drug-likeness (QED) is 0.653. The largest absolute Gasteiger partial charge is 0.385 e. The fraction of sp³-hybridized carbons (Fsp3) is 0.545. The minimum atomic E-state index is -3.72. The first kappa shape index (κ1) is 18.9. The first-order valence-corrected chi connectivity index (χ1v) is 9.38. The molecule has 1 aromatic rings. The molecule has 0 unspecified atom stereocenters. The molecule has 21 heavy (non-hydrogen) atoms. The molecule has 1 amide bonds. The Morgan fingerprint density at radius 2 is 2.24 bits per heavy atom. The molecular formula is C11H16BrClN2O4S2. The average Bonchev–Trinajstić information content (AvgIpc) is 2.75. The highest BCUT2D eigenvalue weighted by Gasteiger charge is 2.25. The normalized spacial score (nSPS) is 11.9. The van der Waals surface area contributed by atoms with Crippen molar-refractivity contribution in [3.05, 3.63) is 14.9 Å². The summed E-state index contributed by atoms with van der Waals surface area (Å²) in [5, 5.41) is 2.96. The standard InChI is InChI=1S/C11H16BrClN2O4S2/c1-15(7-9(16)14-4-3-5-19-2)21(17,18)10-6-8(13)11(12)20-10/h6H,3-5,7H2,1-2H3,(H,14,16). The van der Waals surface area contributed by atoms with Crippen LogP contribution in [0.25, 0.3) is 0 Å². The Labute approximate surface area is 141 Å². The summed E-state index contributed by atoms with van der Waals surface area (Å²) in [4.78, 5) is 11.7. The summed E-state index contributed by atoms with van der Waals surface area (Å²) < 4.78 is 31.0. The van der Waals surface area contributed by atoms with Gasteiger partial charge in [0, 0.05) is 27.3 Å². The van der Waals surface area contributed by atoms with Crippen LogP contribution in [0.2, 0.25) is 5.02 Å². The molecule has 0 saturated carbocycles. The van der Waals surface area contributed by atoms with Crippen molar-refractivity contribution in [3.8, 4) is 0 Å². The van der Waals surface area contributed by atoms with Gasteiger partial charge in [-0.2, -0.15) is 4.31 Å². The van der Waals surface area contributed by atoms with Gasteiger partial charge in [0.25, 0.3) is 10.0 Å². The van der Waals surface area contributed by atoms with Gasteiger partial charge in [-0.1, -0.05) is 11.6 Å². The predicted molar refractivity (Wildman–Crippen MR) is 86.3 cm³/mol. The van der Waals surface area contributed by atoms with Crippen LogP contribution in [-0.4, -0.2) is 52.5 Å². The Bertz CT molecular complexity index is 572. The van der Waals surface area contributed by atoms with Gasteiger partial charge >= 0.3 is 0 Å². The molecule has 0 bridgehead atoms. The smallest absolute Gasteiger partial charge is 0.252 e. The molecule has 1 aromatic heterocycles. The van der Waals surface area contributed by atoms with Crippen LogP contribution >= 0.6 is 38.9 Å². The number of carbonyl (C=O) groups is 1. The zero-order valence-electron chi connectivity index (χ0n) is 11.6. The van der Waals surface area contributed by atoms with E-state index in [2.05, 4.69) is 21.2 Å². The van der Waals surface area contributed by atoms with Crippen molar-refractivity contribution in [2.45, 2.75) is 10.6 Å². The Balaban J connectivity index is 2.61. The van der Waals surface area contributed by atoms with E-state index in [1.165, 1.54) is 13.1 Å². The molecule has 6 nitrogen and oxygen atoms in total. The van der Waals surface area contributed by atoms with Crippen molar-refractivity contribution in [1.82, 2.24) is 9.62 Å². The molecule has 1 rings (SSSR count). The van der Waals surface area contributed by atoms with Gasteiger partial charge in [-0.05, 0) is 28.4 Å². The number of nitrogens with one attached hydrogen (secondary N) is 1. The minimum Gasteiger partial charge on any atom is -0.385 e. The molecule has 0 aromatic carbocycles. The molecule has 0 atom stereocenters. The van der Waals surface area contributed by atoms with Crippen molar-refractivity contribution >= 4 is 54.8 Å². The Morgan fingerprint density at radius 3 is 2.76 bits per heavy atom. The maximum absolute atomic E-state index is 12.3. The number of halogens is 2. The van der Waals surface area contributed by atoms with Crippen molar-refractivity contribution < 1.29 is 17.9 Å². The zero-order valence-corrected chi connectivity index (χ0v) is 15.5. The second-order valence-corrected chi connectivity index (χ2v) is 9.19. The number of carbonyl (C=O) groups excluding carboxylic acids is 1. The number of amides is 1. The van der Waals surface area contributed by atoms with Crippen molar-refractivity contribution in [3.63, 3.8) is 0 Å². The molecular weight excluding hydrogens is 404 g/mol. The molecule has 0 aliphatic heterocycles. The summed E-state index contributed by atoms with van der Waals surface area (Å²) in [6.45, 7) is 0.732. The van der Waals surface area contributed by atoms with E-state index in [0.29, 0.717) is 28.4 Å². The van der Waals surface area contributed by atoms with Crippen LogP contribution in [0.15, 0.2) is 14.1 Å². The van der Waals surface area contributed by atoms with Gasteiger partial charge in [-0.3, -0.25) is 4.79 Å². The van der Waals surface area contributed by atoms with Gasteiger partial charge in [0.1, 0.15) is 4.21 Å². The van der Waals surface area contributed by atoms with Crippen LogP contribution in [0.3, 0.4) is 0 Å². The van der Waals surface area contributed by atoms with E-state index in [1.54, 1.807) is 7.11 Å². The van der Waals surface area contributed by atoms with E-state index in [4.69, 9.17) is 16.3 Å². The van der Waals surface area contributed by atoms with Crippen molar-refractivity contribution in [1.29, 1.82) is 0 Å². The number of likely N-dealkylation sites (N-methyl/N-ethyl adjacent to an activating group) is 1. The third-order valence-corrected chi connectivity index (χ3v) is 7.23. The molecule has 1 N–H and O–H groups in total. The second kappa shape index (κ2) is 8.44. The lowest BCUT2D eigenvalue weighted by molar-refractivity contribution is -0.121. The molecule has 0 radical (unpaired) electrons. The Hall–Kier alpha value is -0.190. The van der Waals surface area contributed by atoms with Crippen LogP contribution in [0, 0.1) is 0 Å². The van der Waals surface area contributed by atoms with E-state index in [0.717, 1.165) is 15.6 Å². The third kappa shape index (κ3) is 5.50. The van der Waals surface area contributed by atoms with Crippen LogP contribution < -0.4 is 5.32 Å². The summed E-state index contributed by atoms with van der Waals surface area (Å²) in [7, 11) is -0.790. The summed E-state index contributed by atoms with van der Waals surface area (Å²) in [5.74, 6) is -0.362. The monoisotopic (exact) mass is 418 g/mol. The minimum absolute atomic E-state index is 0.0917. The Morgan fingerprint density at radius 1 is 1.57 bits per heavy atom. The lowest BCUT2D eigenvalue weighted by Crippen LogP contribution is -2.38. The van der Waals surface area contributed by atoms with Crippen LogP contribution in [-0.2, 0) is 19.6 Å². The van der Waals surface area contributed by atoms with Crippen LogP contribution in [0.1, 0.15) is 6.42 Å². The Kier molecular flexibility index (Phi) is 7.58. The second-order valence-electron chi connectivity index (χ2n) is 4.14. The highest BCUT2D eigenvalue weighted by Crippen LogP contribution is 2.35. The number of ether oxygens (including phenoxy) is 1. The van der Waals surface area contributed by atoms with Gasteiger partial charge in [-0.15, -0.1) is 11.3 Å². The first-order valence-electron chi connectivity index (χ1n) is 5.96. The molecule has 0 aliphatic carbocycles. The van der Waals surface area contributed by atoms with Crippen molar-refractivity contribution in [2.75, 3.05) is 33.9 Å². The summed E-state index contributed by atoms with van der Waals surface area (Å²) in [5.41, 5.74) is 0. The molecule has 0 fully saturated rings. The molecule has 0 spiro atoms. The number of thiophene rings is 1. The van der Waals surface area contributed by atoms with Gasteiger partial charge in [0.05, 0.1) is 15.4 Å². The predicted octanol–water partition coefficient (Wildman–Crippen LogP) is 1.94. The van der Waals surface area contributed by atoms with Crippen LogP contribution in [0.4, 0.5) is 0 Å². The van der Waals surface area contributed by atoms with E-state index < -0.39 is 10.0 Å². The lowest BCUT2D eigenvalue weighted by Gasteiger charge is -2.15. The topological polar surface area (TPSA) is 75.7 Å². The molecule has 0 saturated heterocycles.